The average molecular weight is 301 g/mol. The van der Waals surface area contributed by atoms with Crippen LogP contribution in [0.15, 0.2) is 12.1 Å². The van der Waals surface area contributed by atoms with Crippen molar-refractivity contribution >= 4 is 17.5 Å². The molecule has 0 heterocycles. The molecule has 0 aromatic heterocycles. The maximum Gasteiger partial charge on any atom is 0.255 e. The number of hydrogen-bond donors (Lipinski definition) is 2. The minimum Gasteiger partial charge on any atom is -0.493 e. The molecule has 0 spiro atoms. The molecule has 5 nitrogen and oxygen atoms in total. The number of halogens is 1. The first-order chi connectivity index (χ1) is 9.43. The van der Waals surface area contributed by atoms with Gasteiger partial charge in [0.1, 0.15) is 0 Å². The second-order valence-electron chi connectivity index (χ2n) is 4.88. The summed E-state index contributed by atoms with van der Waals surface area (Å²) in [5.41, 5.74) is 5.94. The number of primary amides is 1. The van der Waals surface area contributed by atoms with Crippen LogP contribution in [0, 0.1) is 5.92 Å². The number of carbonyl (C=O) groups is 1. The highest BCUT2D eigenvalue weighted by Crippen LogP contribution is 2.34. The molecule has 1 aromatic rings. The maximum atomic E-state index is 10.9. The summed E-state index contributed by atoms with van der Waals surface area (Å²) in [7, 11) is 1.52. The third kappa shape index (κ3) is 5.27. The average Bonchev–Trinajstić information content (AvgIpc) is 2.36. The Kier molecular flexibility index (Phi) is 6.61. The zero-order valence-electron chi connectivity index (χ0n) is 12.0. The van der Waals surface area contributed by atoms with Gasteiger partial charge in [-0.25, -0.2) is 0 Å². The van der Waals surface area contributed by atoms with Gasteiger partial charge < -0.3 is 20.5 Å². The van der Waals surface area contributed by atoms with E-state index in [0.717, 1.165) is 12.1 Å². The lowest BCUT2D eigenvalue weighted by molar-refractivity contribution is -0.119. The lowest BCUT2D eigenvalue weighted by Gasteiger charge is -2.16. The zero-order chi connectivity index (χ0) is 15.1. The summed E-state index contributed by atoms with van der Waals surface area (Å²) in [5, 5.41) is 3.85. The monoisotopic (exact) mass is 300 g/mol. The third-order valence-corrected chi connectivity index (χ3v) is 2.76. The van der Waals surface area contributed by atoms with E-state index in [0.29, 0.717) is 29.0 Å². The van der Waals surface area contributed by atoms with Gasteiger partial charge in [0.25, 0.3) is 5.91 Å². The molecule has 0 fully saturated rings. The largest absolute Gasteiger partial charge is 0.493 e. The van der Waals surface area contributed by atoms with Crippen molar-refractivity contribution in [3.63, 3.8) is 0 Å². The molecule has 1 rings (SSSR count). The van der Waals surface area contributed by atoms with Crippen LogP contribution in [0.4, 0.5) is 0 Å². The fourth-order valence-corrected chi connectivity index (χ4v) is 1.94. The molecule has 0 saturated heterocycles. The number of carbonyl (C=O) groups excluding carboxylic acids is 1. The molecule has 3 N–H and O–H groups in total. The quantitative estimate of drug-likeness (QED) is 0.770. The van der Waals surface area contributed by atoms with Crippen LogP contribution in [-0.2, 0) is 11.3 Å². The summed E-state index contributed by atoms with van der Waals surface area (Å²) in [6.07, 6.45) is 0. The topological polar surface area (TPSA) is 73.6 Å². The van der Waals surface area contributed by atoms with Crippen LogP contribution in [0.5, 0.6) is 11.5 Å². The van der Waals surface area contributed by atoms with Gasteiger partial charge in [-0.1, -0.05) is 25.4 Å². The Bertz CT molecular complexity index is 464. The smallest absolute Gasteiger partial charge is 0.255 e. The van der Waals surface area contributed by atoms with Crippen LogP contribution >= 0.6 is 11.6 Å². The second-order valence-corrected chi connectivity index (χ2v) is 5.31. The number of amides is 1. The molecule has 112 valence electrons. The normalized spacial score (nSPS) is 10.7. The molecule has 1 amide bonds. The molecule has 0 aliphatic rings. The van der Waals surface area contributed by atoms with Crippen molar-refractivity contribution in [3.05, 3.63) is 22.7 Å². The van der Waals surface area contributed by atoms with Crippen LogP contribution < -0.4 is 20.5 Å². The van der Waals surface area contributed by atoms with Crippen molar-refractivity contribution in [1.29, 1.82) is 0 Å². The van der Waals surface area contributed by atoms with Crippen LogP contribution in [0.3, 0.4) is 0 Å². The van der Waals surface area contributed by atoms with Gasteiger partial charge in [0.2, 0.25) is 0 Å². The predicted octanol–water partition coefficient (Wildman–Crippen LogP) is 1.96. The molecule has 6 heteroatoms. The van der Waals surface area contributed by atoms with Gasteiger partial charge in [-0.05, 0) is 18.5 Å². The highest BCUT2D eigenvalue weighted by Gasteiger charge is 2.14. The standard InChI is InChI=1S/C14H21ClN2O3/c1-9(2)6-17-7-10-4-11(15)5-12(19-3)14(10)20-8-13(16)18/h4-5,9,17H,6-8H2,1-3H3,(H2,16,18). The van der Waals surface area contributed by atoms with Crippen molar-refractivity contribution in [2.75, 3.05) is 20.3 Å². The van der Waals surface area contributed by atoms with Crippen LogP contribution in [0.1, 0.15) is 19.4 Å². The van der Waals surface area contributed by atoms with Crippen LogP contribution in [0.2, 0.25) is 5.02 Å². The molecular formula is C14H21ClN2O3. The van der Waals surface area contributed by atoms with Gasteiger partial charge in [0.15, 0.2) is 18.1 Å². The summed E-state index contributed by atoms with van der Waals surface area (Å²) in [4.78, 5) is 10.9. The minimum absolute atomic E-state index is 0.199. The summed E-state index contributed by atoms with van der Waals surface area (Å²) in [6, 6.07) is 3.43. The van der Waals surface area contributed by atoms with E-state index >= 15 is 0 Å². The minimum atomic E-state index is -0.539. The molecule has 1 aromatic carbocycles. The Balaban J connectivity index is 2.92. The van der Waals surface area contributed by atoms with Gasteiger partial charge >= 0.3 is 0 Å². The molecule has 0 bridgehead atoms. The molecule has 0 radical (unpaired) electrons. The molecule has 0 unspecified atom stereocenters. The van der Waals surface area contributed by atoms with E-state index < -0.39 is 5.91 Å². The lowest BCUT2D eigenvalue weighted by Crippen LogP contribution is -2.22. The van der Waals surface area contributed by atoms with Crippen molar-refractivity contribution < 1.29 is 14.3 Å². The third-order valence-electron chi connectivity index (χ3n) is 2.54. The number of ether oxygens (including phenoxy) is 2. The van der Waals surface area contributed by atoms with Crippen LogP contribution in [-0.4, -0.2) is 26.2 Å². The molecule has 20 heavy (non-hydrogen) atoms. The maximum absolute atomic E-state index is 10.9. The Morgan fingerprint density at radius 3 is 2.70 bits per heavy atom. The summed E-state index contributed by atoms with van der Waals surface area (Å²) >= 11 is 6.05. The fraction of sp³-hybridized carbons (Fsp3) is 0.500. The SMILES string of the molecule is COc1cc(Cl)cc(CNCC(C)C)c1OCC(N)=O. The first-order valence-electron chi connectivity index (χ1n) is 6.42. The Labute approximate surface area is 124 Å². The van der Waals surface area contributed by atoms with E-state index in [1.807, 2.05) is 0 Å². The van der Waals surface area contributed by atoms with Gasteiger partial charge in [-0.2, -0.15) is 0 Å². The van der Waals surface area contributed by atoms with Crippen molar-refractivity contribution in [2.24, 2.45) is 11.7 Å². The molecule has 0 aliphatic carbocycles. The van der Waals surface area contributed by atoms with Gasteiger partial charge in [-0.3, -0.25) is 4.79 Å². The molecule has 0 atom stereocenters. The number of nitrogens with two attached hydrogens (primary N) is 1. The highest BCUT2D eigenvalue weighted by atomic mass is 35.5. The summed E-state index contributed by atoms with van der Waals surface area (Å²) in [5.74, 6) is 0.973. The Hall–Kier alpha value is -1.46. The molecular weight excluding hydrogens is 280 g/mol. The van der Waals surface area contributed by atoms with E-state index in [4.69, 9.17) is 26.8 Å². The first kappa shape index (κ1) is 16.6. The van der Waals surface area contributed by atoms with Crippen molar-refractivity contribution in [2.45, 2.75) is 20.4 Å². The fourth-order valence-electron chi connectivity index (χ4n) is 1.71. The Morgan fingerprint density at radius 1 is 1.45 bits per heavy atom. The summed E-state index contributed by atoms with van der Waals surface area (Å²) in [6.45, 7) is 5.48. The second kappa shape index (κ2) is 7.97. The highest BCUT2D eigenvalue weighted by molar-refractivity contribution is 6.30. The zero-order valence-corrected chi connectivity index (χ0v) is 12.8. The number of benzene rings is 1. The number of nitrogens with one attached hydrogen (secondary N) is 1. The van der Waals surface area contributed by atoms with Crippen molar-refractivity contribution in [3.8, 4) is 11.5 Å². The van der Waals surface area contributed by atoms with Crippen LogP contribution in [0.25, 0.3) is 0 Å². The van der Waals surface area contributed by atoms with E-state index in [1.165, 1.54) is 7.11 Å². The molecule has 0 saturated carbocycles. The van der Waals surface area contributed by atoms with Gasteiger partial charge in [0.05, 0.1) is 7.11 Å². The number of methoxy groups -OCH3 is 1. The van der Waals surface area contributed by atoms with E-state index in [2.05, 4.69) is 19.2 Å². The number of hydrogen-bond acceptors (Lipinski definition) is 4. The predicted molar refractivity (Wildman–Crippen MR) is 79.2 cm³/mol. The lowest BCUT2D eigenvalue weighted by atomic mass is 10.1. The van der Waals surface area contributed by atoms with E-state index in [9.17, 15) is 4.79 Å². The number of rotatable bonds is 8. The molecule has 0 aliphatic heterocycles. The Morgan fingerprint density at radius 2 is 2.15 bits per heavy atom. The summed E-state index contributed by atoms with van der Waals surface area (Å²) < 4.78 is 10.7. The van der Waals surface area contributed by atoms with E-state index in [1.54, 1.807) is 12.1 Å². The first-order valence-corrected chi connectivity index (χ1v) is 6.80. The van der Waals surface area contributed by atoms with Crippen molar-refractivity contribution in [1.82, 2.24) is 5.32 Å². The van der Waals surface area contributed by atoms with Gasteiger partial charge in [0, 0.05) is 23.2 Å². The van der Waals surface area contributed by atoms with Gasteiger partial charge in [-0.15, -0.1) is 0 Å². The van der Waals surface area contributed by atoms with E-state index in [-0.39, 0.29) is 6.61 Å².